The van der Waals surface area contributed by atoms with Crippen LogP contribution in [0.2, 0.25) is 0 Å². The van der Waals surface area contributed by atoms with Gasteiger partial charge in [-0.25, -0.2) is 13.1 Å². The Balaban J connectivity index is 1.67. The zero-order chi connectivity index (χ0) is 16.5. The van der Waals surface area contributed by atoms with Gasteiger partial charge in [0.05, 0.1) is 19.8 Å². The summed E-state index contributed by atoms with van der Waals surface area (Å²) in [5.41, 5.74) is 0.858. The first-order chi connectivity index (χ1) is 10.9. The molecule has 2 aliphatic rings. The fraction of sp³-hybridized carbons (Fsp3) is 0.625. The Labute approximate surface area is 137 Å². The molecule has 0 bridgehead atoms. The Morgan fingerprint density at radius 2 is 2.09 bits per heavy atom. The largest absolute Gasteiger partial charge is 0.495 e. The maximum Gasteiger partial charge on any atom is 0.244 e. The van der Waals surface area contributed by atoms with Crippen molar-refractivity contribution in [3.05, 3.63) is 23.8 Å². The highest BCUT2D eigenvalue weighted by atomic mass is 32.2. The van der Waals surface area contributed by atoms with Crippen molar-refractivity contribution in [1.29, 1.82) is 0 Å². The van der Waals surface area contributed by atoms with Gasteiger partial charge < -0.3 is 14.2 Å². The van der Waals surface area contributed by atoms with Gasteiger partial charge in [0.2, 0.25) is 10.0 Å². The van der Waals surface area contributed by atoms with Gasteiger partial charge in [-0.1, -0.05) is 6.07 Å². The molecule has 1 spiro atoms. The van der Waals surface area contributed by atoms with Gasteiger partial charge in [0, 0.05) is 19.4 Å². The lowest BCUT2D eigenvalue weighted by atomic mass is 10.2. The number of nitrogens with one attached hydrogen (secondary N) is 1. The molecule has 3 rings (SSSR count). The van der Waals surface area contributed by atoms with Gasteiger partial charge in [-0.3, -0.25) is 0 Å². The molecule has 23 heavy (non-hydrogen) atoms. The fourth-order valence-corrected chi connectivity index (χ4v) is 4.49. The van der Waals surface area contributed by atoms with E-state index < -0.39 is 15.8 Å². The molecule has 1 aliphatic carbocycles. The van der Waals surface area contributed by atoms with E-state index in [2.05, 4.69) is 4.72 Å². The Kier molecular flexibility index (Phi) is 4.64. The molecule has 1 aromatic carbocycles. The van der Waals surface area contributed by atoms with Crippen LogP contribution in [0.3, 0.4) is 0 Å². The minimum absolute atomic E-state index is 0.148. The van der Waals surface area contributed by atoms with E-state index in [0.29, 0.717) is 12.4 Å². The molecular weight excluding hydrogens is 318 g/mol. The third kappa shape index (κ3) is 3.52. The van der Waals surface area contributed by atoms with Crippen molar-refractivity contribution in [2.75, 3.05) is 20.3 Å². The first-order valence-electron chi connectivity index (χ1n) is 7.90. The molecule has 7 heteroatoms. The van der Waals surface area contributed by atoms with Gasteiger partial charge in [0.25, 0.3) is 0 Å². The van der Waals surface area contributed by atoms with E-state index in [4.69, 9.17) is 14.2 Å². The van der Waals surface area contributed by atoms with Crippen LogP contribution in [0.5, 0.6) is 5.75 Å². The Morgan fingerprint density at radius 3 is 2.78 bits per heavy atom. The summed E-state index contributed by atoms with van der Waals surface area (Å²) in [4.78, 5) is 0.148. The molecule has 1 aromatic rings. The third-order valence-corrected chi connectivity index (χ3v) is 5.83. The molecule has 1 atom stereocenters. The lowest BCUT2D eigenvalue weighted by molar-refractivity contribution is -0.160. The lowest BCUT2D eigenvalue weighted by Crippen LogP contribution is -2.35. The van der Waals surface area contributed by atoms with E-state index in [0.717, 1.165) is 31.2 Å². The van der Waals surface area contributed by atoms with Crippen molar-refractivity contribution in [2.45, 2.75) is 49.4 Å². The number of aryl methyl sites for hydroxylation is 1. The van der Waals surface area contributed by atoms with Crippen LogP contribution in [-0.2, 0) is 19.5 Å². The van der Waals surface area contributed by atoms with Crippen LogP contribution in [-0.4, -0.2) is 40.6 Å². The number of methoxy groups -OCH3 is 1. The molecule has 0 unspecified atom stereocenters. The van der Waals surface area contributed by atoms with Crippen molar-refractivity contribution in [2.24, 2.45) is 0 Å². The lowest BCUT2D eigenvalue weighted by Gasteiger charge is -2.22. The third-order valence-electron chi connectivity index (χ3n) is 4.39. The molecular formula is C16H23NO5S. The van der Waals surface area contributed by atoms with Crippen molar-refractivity contribution < 1.29 is 22.6 Å². The second-order valence-electron chi connectivity index (χ2n) is 6.17. The van der Waals surface area contributed by atoms with E-state index in [1.807, 2.05) is 13.0 Å². The van der Waals surface area contributed by atoms with Crippen LogP contribution in [0, 0.1) is 6.92 Å². The maximum absolute atomic E-state index is 12.5. The fourth-order valence-electron chi connectivity index (χ4n) is 3.17. The van der Waals surface area contributed by atoms with Crippen LogP contribution in [0.15, 0.2) is 23.1 Å². The summed E-state index contributed by atoms with van der Waals surface area (Å²) in [5.74, 6) is -0.143. The number of benzene rings is 1. The highest BCUT2D eigenvalue weighted by Gasteiger charge is 2.43. The summed E-state index contributed by atoms with van der Waals surface area (Å²) < 4.78 is 44.6. The van der Waals surface area contributed by atoms with Gasteiger partial charge in [0.15, 0.2) is 5.79 Å². The van der Waals surface area contributed by atoms with Crippen LogP contribution < -0.4 is 9.46 Å². The van der Waals surface area contributed by atoms with Gasteiger partial charge in [0.1, 0.15) is 10.6 Å². The topological polar surface area (TPSA) is 73.9 Å². The van der Waals surface area contributed by atoms with Crippen LogP contribution >= 0.6 is 0 Å². The summed E-state index contributed by atoms with van der Waals surface area (Å²) in [6, 6.07) is 5.08. The quantitative estimate of drug-likeness (QED) is 0.886. The standard InChI is InChI=1S/C16H23NO5S/c1-12-5-6-14(20-2)15(9-12)23(18,19)17-10-13-11-21-16(22-13)7-3-4-8-16/h5-6,9,13,17H,3-4,7-8,10-11H2,1-2H3/t13-/m0/s1. The van der Waals surface area contributed by atoms with Crippen LogP contribution in [0.1, 0.15) is 31.2 Å². The van der Waals surface area contributed by atoms with Crippen molar-refractivity contribution in [3.8, 4) is 5.75 Å². The number of hydrogen-bond donors (Lipinski definition) is 1. The van der Waals surface area contributed by atoms with Gasteiger partial charge in [-0.05, 0) is 37.5 Å². The van der Waals surface area contributed by atoms with Crippen LogP contribution in [0.4, 0.5) is 0 Å². The molecule has 0 amide bonds. The Hall–Kier alpha value is -1.15. The number of hydrogen-bond acceptors (Lipinski definition) is 5. The van der Waals surface area contributed by atoms with Gasteiger partial charge >= 0.3 is 0 Å². The molecule has 2 fully saturated rings. The molecule has 128 valence electrons. The summed E-state index contributed by atoms with van der Waals surface area (Å²) in [7, 11) is -2.20. The first kappa shape index (κ1) is 16.7. The minimum atomic E-state index is -3.66. The molecule has 1 heterocycles. The maximum atomic E-state index is 12.5. The second-order valence-corrected chi connectivity index (χ2v) is 7.91. The average molecular weight is 341 g/mol. The summed E-state index contributed by atoms with van der Waals surface area (Å²) >= 11 is 0. The summed E-state index contributed by atoms with van der Waals surface area (Å²) in [5, 5.41) is 0. The van der Waals surface area contributed by atoms with Gasteiger partial charge in [-0.2, -0.15) is 0 Å². The zero-order valence-electron chi connectivity index (χ0n) is 13.5. The predicted molar refractivity (Wildman–Crippen MR) is 84.9 cm³/mol. The Morgan fingerprint density at radius 1 is 1.35 bits per heavy atom. The highest BCUT2D eigenvalue weighted by molar-refractivity contribution is 7.89. The first-order valence-corrected chi connectivity index (χ1v) is 9.38. The summed E-state index contributed by atoms with van der Waals surface area (Å²) in [6.45, 7) is 2.46. The van der Waals surface area contributed by atoms with E-state index >= 15 is 0 Å². The smallest absolute Gasteiger partial charge is 0.244 e. The molecule has 0 aromatic heterocycles. The molecule has 1 saturated heterocycles. The van der Waals surface area contributed by atoms with Crippen molar-refractivity contribution in [3.63, 3.8) is 0 Å². The number of rotatable bonds is 5. The Bertz CT molecular complexity index is 667. The zero-order valence-corrected chi connectivity index (χ0v) is 14.3. The van der Waals surface area contributed by atoms with Crippen LogP contribution in [0.25, 0.3) is 0 Å². The summed E-state index contributed by atoms with van der Waals surface area (Å²) in [6.07, 6.45) is 3.72. The minimum Gasteiger partial charge on any atom is -0.495 e. The molecule has 6 nitrogen and oxygen atoms in total. The molecule has 0 radical (unpaired) electrons. The van der Waals surface area contributed by atoms with E-state index in [1.54, 1.807) is 12.1 Å². The monoisotopic (exact) mass is 341 g/mol. The van der Waals surface area contributed by atoms with Gasteiger partial charge in [-0.15, -0.1) is 0 Å². The van der Waals surface area contributed by atoms with E-state index in [1.165, 1.54) is 7.11 Å². The average Bonchev–Trinajstić information content (AvgIpc) is 3.16. The van der Waals surface area contributed by atoms with E-state index in [-0.39, 0.29) is 17.5 Å². The normalized spacial score (nSPS) is 23.5. The number of sulfonamides is 1. The number of ether oxygens (including phenoxy) is 3. The molecule has 1 aliphatic heterocycles. The molecule has 1 saturated carbocycles. The second kappa shape index (κ2) is 6.39. The highest BCUT2D eigenvalue weighted by Crippen LogP contribution is 2.39. The molecule has 1 N–H and O–H groups in total. The van der Waals surface area contributed by atoms with Crippen molar-refractivity contribution in [1.82, 2.24) is 4.72 Å². The van der Waals surface area contributed by atoms with E-state index in [9.17, 15) is 8.42 Å². The van der Waals surface area contributed by atoms with Crippen molar-refractivity contribution >= 4 is 10.0 Å². The SMILES string of the molecule is COc1ccc(C)cc1S(=O)(=O)NC[C@H]1COC2(CCCC2)O1. The predicted octanol–water partition coefficient (Wildman–Crippen LogP) is 1.97.